The van der Waals surface area contributed by atoms with Crippen molar-refractivity contribution in [1.29, 1.82) is 0 Å². The largest absolute Gasteiger partial charge is 0.460 e. The van der Waals surface area contributed by atoms with E-state index in [1.807, 2.05) is 20.8 Å². The monoisotopic (exact) mass is 265 g/mol. The molecule has 2 rings (SSSR count). The van der Waals surface area contributed by atoms with Crippen LogP contribution in [0, 0.1) is 23.2 Å². The molecule has 0 bridgehead atoms. The fraction of sp³-hybridized carbons (Fsp3) is 0.812. The van der Waals surface area contributed by atoms with Crippen LogP contribution < -0.4 is 5.73 Å². The third-order valence-electron chi connectivity index (χ3n) is 4.72. The van der Waals surface area contributed by atoms with E-state index in [-0.39, 0.29) is 11.4 Å². The van der Waals surface area contributed by atoms with E-state index in [2.05, 4.69) is 19.1 Å². The van der Waals surface area contributed by atoms with Crippen molar-refractivity contribution in [2.45, 2.75) is 52.6 Å². The Kier molecular flexibility index (Phi) is 3.78. The van der Waals surface area contributed by atoms with Crippen LogP contribution in [0.3, 0.4) is 0 Å². The summed E-state index contributed by atoms with van der Waals surface area (Å²) in [6.45, 7) is 8.53. The van der Waals surface area contributed by atoms with Gasteiger partial charge in [0.25, 0.3) is 0 Å². The number of carbonyl (C=O) groups excluding carboxylic acids is 1. The van der Waals surface area contributed by atoms with Crippen LogP contribution in [-0.4, -0.2) is 18.1 Å². The van der Waals surface area contributed by atoms with Gasteiger partial charge >= 0.3 is 5.97 Å². The summed E-state index contributed by atoms with van der Waals surface area (Å²) in [4.78, 5) is 12.1. The number of hydrogen-bond acceptors (Lipinski definition) is 3. The van der Waals surface area contributed by atoms with Crippen molar-refractivity contribution in [3.8, 4) is 0 Å². The van der Waals surface area contributed by atoms with Gasteiger partial charge in [-0.3, -0.25) is 4.79 Å². The predicted molar refractivity (Wildman–Crippen MR) is 76.5 cm³/mol. The third-order valence-corrected chi connectivity index (χ3v) is 4.72. The van der Waals surface area contributed by atoms with Crippen molar-refractivity contribution >= 4 is 5.97 Å². The van der Waals surface area contributed by atoms with Crippen LogP contribution in [0.15, 0.2) is 12.2 Å². The summed E-state index contributed by atoms with van der Waals surface area (Å²) in [7, 11) is 0. The Balaban J connectivity index is 1.99. The molecule has 108 valence electrons. The molecule has 0 amide bonds. The number of allylic oxidation sites excluding steroid dienone is 2. The second-order valence-electron chi connectivity index (χ2n) is 7.18. The zero-order valence-electron chi connectivity index (χ0n) is 12.6. The van der Waals surface area contributed by atoms with Crippen LogP contribution in [0.5, 0.6) is 0 Å². The van der Waals surface area contributed by atoms with Gasteiger partial charge in [0, 0.05) is 0 Å². The Hall–Kier alpha value is -0.830. The highest BCUT2D eigenvalue weighted by Crippen LogP contribution is 2.60. The molecule has 0 aromatic heterocycles. The first-order valence-electron chi connectivity index (χ1n) is 7.41. The zero-order valence-corrected chi connectivity index (χ0v) is 12.6. The number of hydrogen-bond donors (Lipinski definition) is 1. The summed E-state index contributed by atoms with van der Waals surface area (Å²) in [5.74, 6) is 1.76. The Morgan fingerprint density at radius 1 is 1.42 bits per heavy atom. The van der Waals surface area contributed by atoms with E-state index in [0.29, 0.717) is 30.7 Å². The summed E-state index contributed by atoms with van der Waals surface area (Å²) in [6, 6.07) is 0. The average Bonchev–Trinajstić information content (AvgIpc) is 2.61. The number of carbonyl (C=O) groups is 1. The summed E-state index contributed by atoms with van der Waals surface area (Å²) < 4.78 is 5.45. The van der Waals surface area contributed by atoms with Crippen molar-refractivity contribution in [2.75, 3.05) is 6.54 Å². The molecule has 1 unspecified atom stereocenters. The minimum atomic E-state index is -0.409. The molecule has 0 aromatic carbocycles. The third kappa shape index (κ3) is 2.71. The summed E-state index contributed by atoms with van der Waals surface area (Å²) in [5, 5.41) is 0. The smallest absolute Gasteiger partial charge is 0.306 e. The van der Waals surface area contributed by atoms with Gasteiger partial charge in [0.2, 0.25) is 0 Å². The van der Waals surface area contributed by atoms with Crippen molar-refractivity contribution in [3.05, 3.63) is 12.2 Å². The standard InChI is InChI=1S/C16H27NO2/c1-5-11-6-7-13-12(11)8-16(13,10-17)9-14(18)19-15(2,3)4/h6-7,11-13H,5,8-10,17H2,1-4H3/t11?,12-,13+,16+/m0/s1. The molecule has 4 atom stereocenters. The highest BCUT2D eigenvalue weighted by molar-refractivity contribution is 5.71. The van der Waals surface area contributed by atoms with Gasteiger partial charge in [-0.15, -0.1) is 0 Å². The number of fused-ring (bicyclic) bond motifs is 1. The highest BCUT2D eigenvalue weighted by atomic mass is 16.6. The molecule has 1 fully saturated rings. The molecule has 2 aliphatic carbocycles. The summed E-state index contributed by atoms with van der Waals surface area (Å²) in [5.41, 5.74) is 5.52. The molecule has 2 N–H and O–H groups in total. The maximum atomic E-state index is 12.1. The summed E-state index contributed by atoms with van der Waals surface area (Å²) in [6.07, 6.45) is 7.33. The van der Waals surface area contributed by atoms with Gasteiger partial charge in [-0.1, -0.05) is 19.1 Å². The first kappa shape index (κ1) is 14.6. The molecule has 0 radical (unpaired) electrons. The van der Waals surface area contributed by atoms with Gasteiger partial charge in [0.15, 0.2) is 0 Å². The molecule has 0 aromatic rings. The molecule has 2 aliphatic rings. The van der Waals surface area contributed by atoms with E-state index in [1.54, 1.807) is 0 Å². The number of rotatable bonds is 4. The fourth-order valence-corrected chi connectivity index (χ4v) is 3.78. The fourth-order valence-electron chi connectivity index (χ4n) is 3.78. The van der Waals surface area contributed by atoms with Gasteiger partial charge in [0.1, 0.15) is 5.60 Å². The Morgan fingerprint density at radius 3 is 2.63 bits per heavy atom. The van der Waals surface area contributed by atoms with Crippen LogP contribution in [-0.2, 0) is 9.53 Å². The van der Waals surface area contributed by atoms with E-state index < -0.39 is 5.60 Å². The summed E-state index contributed by atoms with van der Waals surface area (Å²) >= 11 is 0. The number of esters is 1. The quantitative estimate of drug-likeness (QED) is 0.628. The lowest BCUT2D eigenvalue weighted by Crippen LogP contribution is -2.53. The molecule has 19 heavy (non-hydrogen) atoms. The predicted octanol–water partition coefficient (Wildman–Crippen LogP) is 2.90. The van der Waals surface area contributed by atoms with Crippen LogP contribution in [0.4, 0.5) is 0 Å². The van der Waals surface area contributed by atoms with Crippen LogP contribution in [0.2, 0.25) is 0 Å². The zero-order chi connectivity index (χ0) is 14.3. The van der Waals surface area contributed by atoms with Crippen molar-refractivity contribution < 1.29 is 9.53 Å². The maximum absolute atomic E-state index is 12.1. The minimum Gasteiger partial charge on any atom is -0.460 e. The molecule has 1 saturated carbocycles. The first-order chi connectivity index (χ1) is 8.81. The SMILES string of the molecule is CCC1C=C[C@@H]2[C@H]1C[C@]2(CN)CC(=O)OC(C)(C)C. The number of ether oxygens (including phenoxy) is 1. The van der Waals surface area contributed by atoms with Gasteiger partial charge in [-0.25, -0.2) is 0 Å². The van der Waals surface area contributed by atoms with E-state index >= 15 is 0 Å². The van der Waals surface area contributed by atoms with E-state index in [0.717, 1.165) is 6.42 Å². The lowest BCUT2D eigenvalue weighted by Gasteiger charge is -2.53. The molecule has 0 spiro atoms. The van der Waals surface area contributed by atoms with Crippen molar-refractivity contribution in [3.63, 3.8) is 0 Å². The van der Waals surface area contributed by atoms with Crippen molar-refractivity contribution in [1.82, 2.24) is 0 Å². The van der Waals surface area contributed by atoms with Crippen LogP contribution in [0.1, 0.15) is 47.0 Å². The lowest BCUT2D eigenvalue weighted by molar-refractivity contribution is -0.162. The average molecular weight is 265 g/mol. The van der Waals surface area contributed by atoms with Crippen molar-refractivity contribution in [2.24, 2.45) is 28.9 Å². The van der Waals surface area contributed by atoms with E-state index in [9.17, 15) is 4.79 Å². The highest BCUT2D eigenvalue weighted by Gasteiger charge is 2.56. The lowest BCUT2D eigenvalue weighted by atomic mass is 9.51. The molecule has 0 saturated heterocycles. The van der Waals surface area contributed by atoms with Gasteiger partial charge in [-0.05, 0) is 63.3 Å². The van der Waals surface area contributed by atoms with Gasteiger partial charge < -0.3 is 10.5 Å². The first-order valence-corrected chi connectivity index (χ1v) is 7.41. The second kappa shape index (κ2) is 4.93. The number of nitrogens with two attached hydrogens (primary N) is 1. The second-order valence-corrected chi connectivity index (χ2v) is 7.18. The molecule has 3 nitrogen and oxygen atoms in total. The Bertz CT molecular complexity index is 383. The molecule has 0 heterocycles. The maximum Gasteiger partial charge on any atom is 0.306 e. The molecule has 3 heteroatoms. The topological polar surface area (TPSA) is 52.3 Å². The normalized spacial score (nSPS) is 36.8. The molecular formula is C16H27NO2. The minimum absolute atomic E-state index is 0.0482. The molecule has 0 aliphatic heterocycles. The van der Waals surface area contributed by atoms with Crippen LogP contribution in [0.25, 0.3) is 0 Å². The Labute approximate surface area is 116 Å². The Morgan fingerprint density at radius 2 is 2.11 bits per heavy atom. The van der Waals surface area contributed by atoms with E-state index in [4.69, 9.17) is 10.5 Å². The molecular weight excluding hydrogens is 238 g/mol. The van der Waals surface area contributed by atoms with Crippen LogP contribution >= 0.6 is 0 Å². The van der Waals surface area contributed by atoms with Gasteiger partial charge in [0.05, 0.1) is 6.42 Å². The van der Waals surface area contributed by atoms with E-state index in [1.165, 1.54) is 6.42 Å². The van der Waals surface area contributed by atoms with Gasteiger partial charge in [-0.2, -0.15) is 0 Å².